The van der Waals surface area contributed by atoms with Crippen molar-refractivity contribution in [3.63, 3.8) is 0 Å². The Balaban J connectivity index is 1.76. The molecule has 0 saturated heterocycles. The molecular weight excluding hydrogens is 424 g/mol. The minimum atomic E-state index is -0.767. The van der Waals surface area contributed by atoms with E-state index in [9.17, 15) is 14.7 Å². The largest absolute Gasteiger partial charge is 0.464 e. The third kappa shape index (κ3) is 4.97. The van der Waals surface area contributed by atoms with Crippen molar-refractivity contribution in [2.24, 2.45) is 5.92 Å². The summed E-state index contributed by atoms with van der Waals surface area (Å²) >= 11 is 0. The maximum absolute atomic E-state index is 13.4. The van der Waals surface area contributed by atoms with Crippen molar-refractivity contribution in [1.29, 1.82) is 0 Å². The van der Waals surface area contributed by atoms with E-state index < -0.39 is 18.1 Å². The average Bonchev–Trinajstić information content (AvgIpc) is 2.84. The van der Waals surface area contributed by atoms with Gasteiger partial charge in [0.1, 0.15) is 5.58 Å². The van der Waals surface area contributed by atoms with Crippen molar-refractivity contribution in [3.8, 4) is 0 Å². The number of benzene rings is 1. The molecule has 172 valence electrons. The van der Waals surface area contributed by atoms with Crippen molar-refractivity contribution in [3.05, 3.63) is 82.7 Å². The summed E-state index contributed by atoms with van der Waals surface area (Å²) in [6.07, 6.45) is 6.49. The number of aliphatic hydroxyl groups excluding tert-OH is 1. The van der Waals surface area contributed by atoms with Gasteiger partial charge in [0.25, 0.3) is 5.91 Å². The molecule has 3 heterocycles. The van der Waals surface area contributed by atoms with Gasteiger partial charge in [-0.2, -0.15) is 0 Å². The summed E-state index contributed by atoms with van der Waals surface area (Å²) in [6.45, 7) is 2.18. The molecule has 1 aliphatic heterocycles. The third-order valence-electron chi connectivity index (χ3n) is 5.62. The van der Waals surface area contributed by atoms with Crippen LogP contribution in [-0.2, 0) is 14.3 Å². The van der Waals surface area contributed by atoms with Crippen molar-refractivity contribution >= 4 is 22.6 Å². The molecule has 2 aromatic heterocycles. The van der Waals surface area contributed by atoms with Gasteiger partial charge in [0.2, 0.25) is 6.29 Å². The molecule has 0 saturated carbocycles. The number of amides is 1. The van der Waals surface area contributed by atoms with Crippen molar-refractivity contribution in [1.82, 2.24) is 4.98 Å². The number of hydrogen-bond acceptors (Lipinski definition) is 7. The molecule has 0 unspecified atom stereocenters. The fourth-order valence-corrected chi connectivity index (χ4v) is 4.07. The van der Waals surface area contributed by atoms with Crippen molar-refractivity contribution in [2.45, 2.75) is 32.0 Å². The van der Waals surface area contributed by atoms with Crippen LogP contribution in [0.25, 0.3) is 11.0 Å². The first-order chi connectivity index (χ1) is 16.1. The zero-order valence-electron chi connectivity index (χ0n) is 18.3. The molecule has 1 aromatic carbocycles. The Labute approximate surface area is 190 Å². The summed E-state index contributed by atoms with van der Waals surface area (Å²) < 4.78 is 17.5. The van der Waals surface area contributed by atoms with Crippen LogP contribution in [0.5, 0.6) is 0 Å². The minimum absolute atomic E-state index is 0.00748. The highest BCUT2D eigenvalue weighted by Crippen LogP contribution is 2.39. The first kappa shape index (κ1) is 22.7. The number of nitrogens with zero attached hydrogens (tertiary/aromatic N) is 1. The summed E-state index contributed by atoms with van der Waals surface area (Å²) in [5, 5.41) is 12.6. The Morgan fingerprint density at radius 3 is 2.85 bits per heavy atom. The highest BCUT2D eigenvalue weighted by atomic mass is 16.7. The standard InChI is InChI=1S/C25H26N2O6/c1-2-31-25-17(9-6-12-28)19(20-15-32-21-10-4-3-8-18(21)23(20)29)13-22(33-25)24(30)27-16-7-5-11-26-14-16/h3-5,7-8,10-11,13-15,17,19,25,28H,2,6,9,12H2,1H3,(H,27,30)/t17-,19+,25-/m1/s1. The monoisotopic (exact) mass is 450 g/mol. The molecule has 8 nitrogen and oxygen atoms in total. The molecule has 33 heavy (non-hydrogen) atoms. The second-order valence-corrected chi connectivity index (χ2v) is 7.74. The number of rotatable bonds is 8. The molecule has 2 N–H and O–H groups in total. The lowest BCUT2D eigenvalue weighted by atomic mass is 9.81. The van der Waals surface area contributed by atoms with Crippen LogP contribution in [-0.4, -0.2) is 35.5 Å². The van der Waals surface area contributed by atoms with E-state index in [1.165, 1.54) is 12.5 Å². The van der Waals surface area contributed by atoms with Gasteiger partial charge in [-0.3, -0.25) is 14.6 Å². The minimum Gasteiger partial charge on any atom is -0.464 e. The number of para-hydroxylation sites is 1. The fraction of sp³-hybridized carbons (Fsp3) is 0.320. The number of allylic oxidation sites excluding steroid dienone is 1. The number of nitrogens with one attached hydrogen (secondary N) is 1. The predicted molar refractivity (Wildman–Crippen MR) is 122 cm³/mol. The normalized spacial score (nSPS) is 20.2. The molecule has 8 heteroatoms. The van der Waals surface area contributed by atoms with E-state index in [0.717, 1.165) is 0 Å². The Hall–Kier alpha value is -3.49. The first-order valence-electron chi connectivity index (χ1n) is 10.9. The molecule has 3 atom stereocenters. The lowest BCUT2D eigenvalue weighted by molar-refractivity contribution is -0.165. The molecule has 3 aromatic rings. The van der Waals surface area contributed by atoms with E-state index in [1.54, 1.807) is 48.7 Å². The van der Waals surface area contributed by atoms with Gasteiger partial charge in [0.05, 0.1) is 23.5 Å². The van der Waals surface area contributed by atoms with Crippen LogP contribution < -0.4 is 10.7 Å². The number of pyridine rings is 1. The van der Waals surface area contributed by atoms with E-state index in [1.807, 2.05) is 6.92 Å². The number of ether oxygens (including phenoxy) is 2. The number of aliphatic hydroxyl groups is 1. The Morgan fingerprint density at radius 1 is 1.24 bits per heavy atom. The van der Waals surface area contributed by atoms with Crippen LogP contribution in [0.2, 0.25) is 0 Å². The van der Waals surface area contributed by atoms with Crippen LogP contribution in [0.3, 0.4) is 0 Å². The molecule has 0 spiro atoms. The summed E-state index contributed by atoms with van der Waals surface area (Å²) in [4.78, 5) is 30.3. The quantitative estimate of drug-likeness (QED) is 0.540. The molecule has 4 rings (SSSR count). The van der Waals surface area contributed by atoms with Crippen molar-refractivity contribution in [2.75, 3.05) is 18.5 Å². The number of fused-ring (bicyclic) bond motifs is 1. The number of carbonyl (C=O) groups is 1. The fourth-order valence-electron chi connectivity index (χ4n) is 4.07. The second kappa shape index (κ2) is 10.4. The van der Waals surface area contributed by atoms with E-state index in [0.29, 0.717) is 41.7 Å². The summed E-state index contributed by atoms with van der Waals surface area (Å²) in [7, 11) is 0. The number of anilines is 1. The predicted octanol–water partition coefficient (Wildman–Crippen LogP) is 3.58. The number of hydrogen-bond donors (Lipinski definition) is 2. The van der Waals surface area contributed by atoms with E-state index in [2.05, 4.69) is 10.3 Å². The second-order valence-electron chi connectivity index (χ2n) is 7.74. The summed E-state index contributed by atoms with van der Waals surface area (Å²) in [6, 6.07) is 10.5. The van der Waals surface area contributed by atoms with Crippen LogP contribution in [0, 0.1) is 5.92 Å². The maximum atomic E-state index is 13.4. The van der Waals surface area contributed by atoms with Gasteiger partial charge in [-0.1, -0.05) is 12.1 Å². The van der Waals surface area contributed by atoms with E-state index in [4.69, 9.17) is 13.9 Å². The number of aromatic nitrogens is 1. The molecular formula is C25H26N2O6. The zero-order valence-corrected chi connectivity index (χ0v) is 18.3. The molecule has 0 fully saturated rings. The smallest absolute Gasteiger partial charge is 0.290 e. The lowest BCUT2D eigenvalue weighted by Crippen LogP contribution is -2.38. The average molecular weight is 450 g/mol. The Bertz CT molecular complexity index is 1190. The van der Waals surface area contributed by atoms with Crippen LogP contribution >= 0.6 is 0 Å². The SMILES string of the molecule is CCO[C@@H]1OC(C(=O)Nc2cccnc2)=C[C@H](c2coc3ccccc3c2=O)[C@H]1CCCO. The van der Waals surface area contributed by atoms with Gasteiger partial charge in [0.15, 0.2) is 11.2 Å². The Kier molecular flexibility index (Phi) is 7.16. The molecule has 1 amide bonds. The van der Waals surface area contributed by atoms with Gasteiger partial charge in [-0.25, -0.2) is 0 Å². The maximum Gasteiger partial charge on any atom is 0.290 e. The topological polar surface area (TPSA) is 111 Å². The molecule has 0 radical (unpaired) electrons. The lowest BCUT2D eigenvalue weighted by Gasteiger charge is -2.36. The van der Waals surface area contributed by atoms with Gasteiger partial charge in [-0.05, 0) is 50.1 Å². The summed E-state index contributed by atoms with van der Waals surface area (Å²) in [5.41, 5.74) is 1.25. The van der Waals surface area contributed by atoms with E-state index in [-0.39, 0.29) is 23.7 Å². The van der Waals surface area contributed by atoms with Crippen molar-refractivity contribution < 1.29 is 23.8 Å². The third-order valence-corrected chi connectivity index (χ3v) is 5.62. The highest BCUT2D eigenvalue weighted by Gasteiger charge is 2.39. The summed E-state index contributed by atoms with van der Waals surface area (Å²) in [5.74, 6) is -1.22. The Morgan fingerprint density at radius 2 is 2.09 bits per heavy atom. The van der Waals surface area contributed by atoms with Gasteiger partial charge in [0, 0.05) is 36.8 Å². The van der Waals surface area contributed by atoms with Crippen LogP contribution in [0.15, 0.2) is 76.1 Å². The number of carbonyl (C=O) groups excluding carboxylic acids is 1. The first-order valence-corrected chi connectivity index (χ1v) is 10.9. The van der Waals surface area contributed by atoms with Gasteiger partial charge < -0.3 is 24.3 Å². The van der Waals surface area contributed by atoms with Gasteiger partial charge >= 0.3 is 0 Å². The molecule has 1 aliphatic rings. The molecule has 0 bridgehead atoms. The van der Waals surface area contributed by atoms with E-state index >= 15 is 0 Å². The highest BCUT2D eigenvalue weighted by molar-refractivity contribution is 6.02. The van der Waals surface area contributed by atoms with Crippen LogP contribution in [0.1, 0.15) is 31.2 Å². The van der Waals surface area contributed by atoms with Crippen LogP contribution in [0.4, 0.5) is 5.69 Å². The van der Waals surface area contributed by atoms with Gasteiger partial charge in [-0.15, -0.1) is 0 Å². The zero-order chi connectivity index (χ0) is 23.2. The molecule has 0 aliphatic carbocycles.